The first-order valence-electron chi connectivity index (χ1n) is 8.20. The molecule has 2 aliphatic rings. The van der Waals surface area contributed by atoms with Gasteiger partial charge in [-0.05, 0) is 36.6 Å². The van der Waals surface area contributed by atoms with Crippen LogP contribution in [0.2, 0.25) is 0 Å². The number of nitriles is 1. The van der Waals surface area contributed by atoms with E-state index in [4.69, 9.17) is 9.47 Å². The zero-order chi connectivity index (χ0) is 16.7. The van der Waals surface area contributed by atoms with E-state index >= 15 is 0 Å². The van der Waals surface area contributed by atoms with Gasteiger partial charge in [-0.15, -0.1) is 0 Å². The van der Waals surface area contributed by atoms with Crippen LogP contribution in [0.3, 0.4) is 0 Å². The minimum absolute atomic E-state index is 0.430. The quantitative estimate of drug-likeness (QED) is 0.693. The monoisotopic (exact) mass is 309 g/mol. The first kappa shape index (κ1) is 17.1. The van der Waals surface area contributed by atoms with Gasteiger partial charge in [0.1, 0.15) is 11.5 Å². The molecule has 23 heavy (non-hydrogen) atoms. The van der Waals surface area contributed by atoms with Crippen LogP contribution in [-0.2, 0) is 4.74 Å². The fourth-order valence-electron chi connectivity index (χ4n) is 2.56. The summed E-state index contributed by atoms with van der Waals surface area (Å²) in [7, 11) is 1.57. The van der Waals surface area contributed by atoms with Gasteiger partial charge >= 0.3 is 0 Å². The van der Waals surface area contributed by atoms with Crippen molar-refractivity contribution in [2.45, 2.75) is 39.5 Å². The minimum Gasteiger partial charge on any atom is -0.495 e. The number of benzene rings is 1. The van der Waals surface area contributed by atoms with E-state index in [0.29, 0.717) is 23.9 Å². The summed E-state index contributed by atoms with van der Waals surface area (Å²) in [6.07, 6.45) is 9.46. The number of ether oxygens (including phenoxy) is 2. The third-order valence-electron chi connectivity index (χ3n) is 4.08. The molecule has 120 valence electrons. The molecule has 2 radical (unpaired) electrons. The van der Waals surface area contributed by atoms with E-state index in [2.05, 4.69) is 32.1 Å². The molecule has 2 aliphatic carbocycles. The van der Waals surface area contributed by atoms with Crippen LogP contribution in [-0.4, -0.2) is 13.7 Å². The van der Waals surface area contributed by atoms with Crippen LogP contribution in [0.1, 0.15) is 50.7 Å². The van der Waals surface area contributed by atoms with Crippen molar-refractivity contribution in [1.29, 1.82) is 5.26 Å². The van der Waals surface area contributed by atoms with Crippen LogP contribution >= 0.6 is 0 Å². The highest BCUT2D eigenvalue weighted by atomic mass is 16.5. The zero-order valence-electron chi connectivity index (χ0n) is 14.1. The largest absolute Gasteiger partial charge is 0.495 e. The van der Waals surface area contributed by atoms with Gasteiger partial charge in [0.05, 0.1) is 25.4 Å². The molecule has 3 nitrogen and oxygen atoms in total. The molecule has 1 atom stereocenters. The van der Waals surface area contributed by atoms with Crippen LogP contribution < -0.4 is 4.74 Å². The van der Waals surface area contributed by atoms with Crippen molar-refractivity contribution in [1.82, 2.24) is 0 Å². The molecular formula is C20H23NO2. The SMILES string of the molecule is CCCCC(CC)COc1cc2[c]cc1/C=C(C#N)\[C]=C/2OC. The predicted octanol–water partition coefficient (Wildman–Crippen LogP) is 4.79. The van der Waals surface area contributed by atoms with Gasteiger partial charge in [0.15, 0.2) is 0 Å². The van der Waals surface area contributed by atoms with Gasteiger partial charge in [0.25, 0.3) is 0 Å². The summed E-state index contributed by atoms with van der Waals surface area (Å²) < 4.78 is 11.4. The molecule has 0 spiro atoms. The minimum atomic E-state index is 0.430. The Morgan fingerprint density at radius 2 is 2.17 bits per heavy atom. The van der Waals surface area contributed by atoms with E-state index in [0.717, 1.165) is 23.3 Å². The standard InChI is InChI=1S/C20H23NO2/c1-4-6-7-15(5-2)14-23-20-12-18-9-8-17(20)10-16(13-21)11-19(18)22-3/h8,10,12,15H,4-7,14H2,1-3H3/b16-10+,16-11?,17-10?,19-11?,19-18?. The first-order chi connectivity index (χ1) is 11.2. The Labute approximate surface area is 139 Å². The Morgan fingerprint density at radius 3 is 2.83 bits per heavy atom. The van der Waals surface area contributed by atoms with E-state index in [1.165, 1.54) is 19.3 Å². The Hall–Kier alpha value is -2.21. The topological polar surface area (TPSA) is 42.2 Å². The van der Waals surface area contributed by atoms with E-state index < -0.39 is 0 Å². The number of rotatable bonds is 8. The van der Waals surface area contributed by atoms with Crippen molar-refractivity contribution >= 4 is 11.8 Å². The van der Waals surface area contributed by atoms with Gasteiger partial charge in [-0.3, -0.25) is 0 Å². The lowest BCUT2D eigenvalue weighted by Crippen LogP contribution is -2.12. The molecule has 0 saturated carbocycles. The zero-order valence-corrected chi connectivity index (χ0v) is 14.1. The Morgan fingerprint density at radius 1 is 1.35 bits per heavy atom. The molecule has 0 heterocycles. The fraction of sp³-hybridized carbons (Fsp3) is 0.450. The molecule has 0 amide bonds. The third-order valence-corrected chi connectivity index (χ3v) is 4.08. The van der Waals surface area contributed by atoms with Crippen LogP contribution in [0.4, 0.5) is 0 Å². The number of allylic oxidation sites excluding steroid dienone is 2. The van der Waals surface area contributed by atoms with Crippen molar-refractivity contribution in [3.63, 3.8) is 0 Å². The first-order valence-corrected chi connectivity index (χ1v) is 8.20. The van der Waals surface area contributed by atoms with Gasteiger partial charge in [0, 0.05) is 17.2 Å². The molecule has 2 bridgehead atoms. The van der Waals surface area contributed by atoms with Crippen molar-refractivity contribution < 1.29 is 9.47 Å². The van der Waals surface area contributed by atoms with Crippen molar-refractivity contribution in [3.8, 4) is 11.8 Å². The molecule has 1 aromatic carbocycles. The molecule has 0 aliphatic heterocycles. The number of fused-ring (bicyclic) bond motifs is 3. The normalized spacial score (nSPS) is 18.7. The summed E-state index contributed by atoms with van der Waals surface area (Å²) in [5.74, 6) is 1.84. The summed E-state index contributed by atoms with van der Waals surface area (Å²) in [4.78, 5) is 0. The smallest absolute Gasteiger partial charge is 0.136 e. The van der Waals surface area contributed by atoms with E-state index in [9.17, 15) is 5.26 Å². The Kier molecular flexibility index (Phi) is 6.29. The average Bonchev–Trinajstić information content (AvgIpc) is 2.56. The summed E-state index contributed by atoms with van der Waals surface area (Å²) in [5.41, 5.74) is 2.05. The van der Waals surface area contributed by atoms with Gasteiger partial charge < -0.3 is 9.47 Å². The number of nitrogens with zero attached hydrogens (tertiary/aromatic N) is 1. The van der Waals surface area contributed by atoms with Gasteiger partial charge in [-0.2, -0.15) is 5.26 Å². The number of hydrogen-bond donors (Lipinski definition) is 0. The summed E-state index contributed by atoms with van der Waals surface area (Å²) >= 11 is 0. The Balaban J connectivity index is 2.21. The predicted molar refractivity (Wildman–Crippen MR) is 91.3 cm³/mol. The maximum Gasteiger partial charge on any atom is 0.136 e. The van der Waals surface area contributed by atoms with Gasteiger partial charge in [0.2, 0.25) is 0 Å². The van der Waals surface area contributed by atoms with E-state index in [1.807, 2.05) is 12.1 Å². The molecular weight excluding hydrogens is 286 g/mol. The lowest BCUT2D eigenvalue weighted by atomic mass is 9.99. The van der Waals surface area contributed by atoms with Crippen LogP contribution in [0.15, 0.2) is 17.7 Å². The highest BCUT2D eigenvalue weighted by Crippen LogP contribution is 2.30. The molecule has 1 unspecified atom stereocenters. The second-order valence-electron chi connectivity index (χ2n) is 5.72. The second kappa shape index (κ2) is 8.43. The van der Waals surface area contributed by atoms with Crippen molar-refractivity contribution in [2.75, 3.05) is 13.7 Å². The number of hydrogen-bond acceptors (Lipinski definition) is 3. The van der Waals surface area contributed by atoms with Crippen LogP contribution in [0.5, 0.6) is 5.75 Å². The van der Waals surface area contributed by atoms with E-state index in [1.54, 1.807) is 13.2 Å². The Bertz CT molecular complexity index is 638. The fourth-order valence-corrected chi connectivity index (χ4v) is 2.56. The molecule has 0 aromatic heterocycles. The summed E-state index contributed by atoms with van der Waals surface area (Å²) in [5, 5.41) is 9.22. The lowest BCUT2D eigenvalue weighted by Gasteiger charge is -2.18. The molecule has 3 rings (SSSR count). The van der Waals surface area contributed by atoms with Gasteiger partial charge in [-0.25, -0.2) is 0 Å². The van der Waals surface area contributed by atoms with Crippen molar-refractivity contribution in [2.24, 2.45) is 5.92 Å². The highest BCUT2D eigenvalue weighted by Gasteiger charge is 2.15. The molecule has 0 N–H and O–H groups in total. The lowest BCUT2D eigenvalue weighted by molar-refractivity contribution is 0.232. The van der Waals surface area contributed by atoms with Gasteiger partial charge in [-0.1, -0.05) is 33.1 Å². The second-order valence-corrected chi connectivity index (χ2v) is 5.72. The molecule has 3 heteroatoms. The molecule has 0 fully saturated rings. The maximum absolute atomic E-state index is 9.22. The highest BCUT2D eigenvalue weighted by molar-refractivity contribution is 5.74. The summed E-state index contributed by atoms with van der Waals surface area (Å²) in [6.45, 7) is 5.10. The third kappa shape index (κ3) is 4.39. The number of unbranched alkanes of at least 4 members (excludes halogenated alkanes) is 1. The molecule has 1 aromatic rings. The summed E-state index contributed by atoms with van der Waals surface area (Å²) in [6, 6.07) is 9.04. The van der Waals surface area contributed by atoms with Crippen molar-refractivity contribution in [3.05, 3.63) is 41.0 Å². The maximum atomic E-state index is 9.22. The number of methoxy groups -OCH3 is 1. The average molecular weight is 309 g/mol. The molecule has 0 saturated heterocycles. The van der Waals surface area contributed by atoms with Crippen LogP contribution in [0.25, 0.3) is 11.8 Å². The van der Waals surface area contributed by atoms with E-state index in [-0.39, 0.29) is 0 Å². The van der Waals surface area contributed by atoms with Crippen LogP contribution in [0, 0.1) is 29.4 Å².